The van der Waals surface area contributed by atoms with Gasteiger partial charge < -0.3 is 0 Å². The Balaban J connectivity index is 4.44. The normalized spacial score (nSPS) is 13.3. The van der Waals surface area contributed by atoms with E-state index in [1.807, 2.05) is 0 Å². The number of unbranched alkanes of at least 4 members (excludes halogenated alkanes) is 3. The van der Waals surface area contributed by atoms with E-state index in [1.54, 1.807) is 0 Å². The number of hydrogen-bond donors (Lipinski definition) is 2. The SMILES string of the molecule is [CH2]CCCCCC(S(=O)(=O)O)S(=O)(=O)O. The molecule has 0 atom stereocenters. The van der Waals surface area contributed by atoms with Crippen molar-refractivity contribution in [1.29, 1.82) is 0 Å². The molecule has 0 amide bonds. The Kier molecular flexibility index (Phi) is 5.71. The molecule has 15 heavy (non-hydrogen) atoms. The van der Waals surface area contributed by atoms with Gasteiger partial charge in [-0.25, -0.2) is 0 Å². The minimum Gasteiger partial charge on any atom is -0.284 e. The first-order valence-corrected chi connectivity index (χ1v) is 7.42. The molecule has 0 aliphatic rings. The molecule has 0 aromatic rings. The fourth-order valence-corrected chi connectivity index (χ4v) is 3.27. The molecule has 1 radical (unpaired) electrons. The summed E-state index contributed by atoms with van der Waals surface area (Å²) >= 11 is 0. The fourth-order valence-electron chi connectivity index (χ4n) is 1.12. The van der Waals surface area contributed by atoms with Crippen LogP contribution < -0.4 is 0 Å². The van der Waals surface area contributed by atoms with E-state index >= 15 is 0 Å². The van der Waals surface area contributed by atoms with Crippen molar-refractivity contribution in [2.24, 2.45) is 0 Å². The van der Waals surface area contributed by atoms with Gasteiger partial charge in [-0.05, 0) is 6.42 Å². The molecule has 8 heteroatoms. The zero-order chi connectivity index (χ0) is 12.1. The minimum absolute atomic E-state index is 0.291. The summed E-state index contributed by atoms with van der Waals surface area (Å²) in [5.41, 5.74) is 0. The largest absolute Gasteiger partial charge is 0.284 e. The van der Waals surface area contributed by atoms with Crippen molar-refractivity contribution in [3.8, 4) is 0 Å². The van der Waals surface area contributed by atoms with Crippen LogP contribution in [0.15, 0.2) is 0 Å². The molecule has 0 spiro atoms. The molecule has 0 bridgehead atoms. The summed E-state index contributed by atoms with van der Waals surface area (Å²) in [5, 5.41) is 0. The van der Waals surface area contributed by atoms with E-state index in [4.69, 9.17) is 9.11 Å². The summed E-state index contributed by atoms with van der Waals surface area (Å²) in [7, 11) is -9.53. The summed E-state index contributed by atoms with van der Waals surface area (Å²) < 4.78 is 57.6. The number of rotatable bonds is 7. The molecule has 2 N–H and O–H groups in total. The third kappa shape index (κ3) is 6.08. The summed E-state index contributed by atoms with van der Waals surface area (Å²) in [6.45, 7) is 3.56. The second-order valence-electron chi connectivity index (χ2n) is 3.16. The van der Waals surface area contributed by atoms with Gasteiger partial charge in [-0.2, -0.15) is 16.8 Å². The summed E-state index contributed by atoms with van der Waals surface area (Å²) in [4.78, 5) is 0. The van der Waals surface area contributed by atoms with E-state index in [-0.39, 0.29) is 6.42 Å². The first-order valence-electron chi connectivity index (χ1n) is 4.41. The van der Waals surface area contributed by atoms with Gasteiger partial charge in [0.1, 0.15) is 0 Å². The third-order valence-electron chi connectivity index (χ3n) is 1.85. The maximum atomic E-state index is 10.6. The van der Waals surface area contributed by atoms with E-state index in [0.29, 0.717) is 19.3 Å². The van der Waals surface area contributed by atoms with Crippen molar-refractivity contribution in [3.63, 3.8) is 0 Å². The molecular weight excluding hydrogens is 244 g/mol. The Morgan fingerprint density at radius 3 is 1.73 bits per heavy atom. The van der Waals surface area contributed by atoms with E-state index in [9.17, 15) is 16.8 Å². The lowest BCUT2D eigenvalue weighted by atomic mass is 10.2. The highest BCUT2D eigenvalue weighted by Gasteiger charge is 2.34. The van der Waals surface area contributed by atoms with Gasteiger partial charge in [0.05, 0.1) is 0 Å². The predicted molar refractivity (Wildman–Crippen MR) is 55.3 cm³/mol. The second kappa shape index (κ2) is 5.78. The third-order valence-corrected chi connectivity index (χ3v) is 5.11. The average Bonchev–Trinajstić information content (AvgIpc) is 1.99. The Morgan fingerprint density at radius 2 is 1.40 bits per heavy atom. The second-order valence-corrected chi connectivity index (χ2v) is 6.66. The van der Waals surface area contributed by atoms with Gasteiger partial charge in [-0.3, -0.25) is 9.11 Å². The average molecular weight is 259 g/mol. The molecule has 0 saturated heterocycles. The topological polar surface area (TPSA) is 109 Å². The van der Waals surface area contributed by atoms with Crippen molar-refractivity contribution >= 4 is 20.2 Å². The highest BCUT2D eigenvalue weighted by atomic mass is 32.3. The van der Waals surface area contributed by atoms with E-state index in [0.717, 1.165) is 6.42 Å². The Bertz CT molecular complexity index is 336. The summed E-state index contributed by atoms with van der Waals surface area (Å²) in [5.74, 6) is 0. The summed E-state index contributed by atoms with van der Waals surface area (Å²) in [6.07, 6.45) is 1.99. The molecule has 0 unspecified atom stereocenters. The van der Waals surface area contributed by atoms with Crippen LogP contribution in [0, 0.1) is 6.92 Å². The maximum absolute atomic E-state index is 10.6. The van der Waals surface area contributed by atoms with Crippen LogP contribution in [-0.4, -0.2) is 30.5 Å². The first kappa shape index (κ1) is 14.8. The van der Waals surface area contributed by atoms with Crippen LogP contribution in [0.5, 0.6) is 0 Å². The molecule has 6 nitrogen and oxygen atoms in total. The first-order chi connectivity index (χ1) is 6.69. The van der Waals surface area contributed by atoms with Crippen molar-refractivity contribution < 1.29 is 25.9 Å². The molecule has 0 heterocycles. The van der Waals surface area contributed by atoms with Crippen LogP contribution in [0.1, 0.15) is 32.1 Å². The van der Waals surface area contributed by atoms with Crippen LogP contribution in [-0.2, 0) is 20.2 Å². The Labute approximate surface area is 90.2 Å². The molecule has 0 fully saturated rings. The fraction of sp³-hybridized carbons (Fsp3) is 0.857. The zero-order valence-electron chi connectivity index (χ0n) is 8.16. The molecule has 0 aliphatic carbocycles. The van der Waals surface area contributed by atoms with Crippen LogP contribution in [0.2, 0.25) is 0 Å². The predicted octanol–water partition coefficient (Wildman–Crippen LogP) is 0.873. The van der Waals surface area contributed by atoms with Gasteiger partial charge in [-0.15, -0.1) is 0 Å². The van der Waals surface area contributed by atoms with Crippen LogP contribution in [0.25, 0.3) is 0 Å². The molecule has 0 saturated carbocycles. The van der Waals surface area contributed by atoms with E-state index in [2.05, 4.69) is 6.92 Å². The monoisotopic (exact) mass is 259 g/mol. The van der Waals surface area contributed by atoms with Gasteiger partial charge in [0.15, 0.2) is 0 Å². The van der Waals surface area contributed by atoms with Gasteiger partial charge >= 0.3 is 0 Å². The Morgan fingerprint density at radius 1 is 0.933 bits per heavy atom. The molecular formula is C7H15O6S2. The van der Waals surface area contributed by atoms with Gasteiger partial charge in [0.2, 0.25) is 4.58 Å². The van der Waals surface area contributed by atoms with Crippen LogP contribution >= 0.6 is 0 Å². The van der Waals surface area contributed by atoms with Crippen LogP contribution in [0.3, 0.4) is 0 Å². The van der Waals surface area contributed by atoms with Gasteiger partial charge in [0.25, 0.3) is 20.2 Å². The smallest absolute Gasteiger partial charge is 0.284 e. The summed E-state index contributed by atoms with van der Waals surface area (Å²) in [6, 6.07) is 0. The standard InChI is InChI=1S/C7H15O6S2/c1-2-3-4-5-6-7(14(8,9)10)15(11,12)13/h7H,1-6H2,(H,8,9,10)(H,11,12,13). The van der Waals surface area contributed by atoms with E-state index in [1.165, 1.54) is 0 Å². The molecule has 0 aliphatic heterocycles. The Hall–Kier alpha value is -0.180. The zero-order valence-corrected chi connectivity index (χ0v) is 9.80. The van der Waals surface area contributed by atoms with Crippen LogP contribution in [0.4, 0.5) is 0 Å². The highest BCUT2D eigenvalue weighted by Crippen LogP contribution is 2.15. The van der Waals surface area contributed by atoms with Gasteiger partial charge in [0, 0.05) is 0 Å². The van der Waals surface area contributed by atoms with E-state index < -0.39 is 24.8 Å². The molecule has 0 aromatic carbocycles. The van der Waals surface area contributed by atoms with Crippen molar-refractivity contribution in [3.05, 3.63) is 6.92 Å². The quantitative estimate of drug-likeness (QED) is 0.518. The number of hydrogen-bond acceptors (Lipinski definition) is 4. The lowest BCUT2D eigenvalue weighted by molar-refractivity contribution is 0.447. The lowest BCUT2D eigenvalue weighted by Gasteiger charge is -2.09. The minimum atomic E-state index is -4.76. The highest BCUT2D eigenvalue weighted by molar-refractivity contribution is 8.03. The van der Waals surface area contributed by atoms with Crippen molar-refractivity contribution in [1.82, 2.24) is 0 Å². The van der Waals surface area contributed by atoms with Crippen molar-refractivity contribution in [2.45, 2.75) is 36.7 Å². The molecule has 91 valence electrons. The van der Waals surface area contributed by atoms with Crippen molar-refractivity contribution in [2.75, 3.05) is 0 Å². The molecule has 0 aromatic heterocycles. The maximum Gasteiger partial charge on any atom is 0.284 e. The van der Waals surface area contributed by atoms with Gasteiger partial charge in [-0.1, -0.05) is 32.6 Å². The molecule has 0 rings (SSSR count). The lowest BCUT2D eigenvalue weighted by Crippen LogP contribution is -2.29.